The van der Waals surface area contributed by atoms with Crippen molar-refractivity contribution < 1.29 is 13.9 Å². The highest BCUT2D eigenvalue weighted by atomic mass is 19.1. The molecule has 2 atom stereocenters. The molecule has 29 heavy (non-hydrogen) atoms. The number of halogens is 1. The van der Waals surface area contributed by atoms with Crippen LogP contribution in [0.5, 0.6) is 5.88 Å². The summed E-state index contributed by atoms with van der Waals surface area (Å²) in [5.74, 6) is 0.778. The van der Waals surface area contributed by atoms with Crippen LogP contribution in [0.25, 0.3) is 0 Å². The largest absolute Gasteiger partial charge is 0.474 e. The quantitative estimate of drug-likeness (QED) is 0.694. The first-order valence-electron chi connectivity index (χ1n) is 10.1. The van der Waals surface area contributed by atoms with Crippen molar-refractivity contribution in [3.63, 3.8) is 0 Å². The fourth-order valence-electron chi connectivity index (χ4n) is 3.93. The van der Waals surface area contributed by atoms with E-state index in [1.165, 1.54) is 6.33 Å². The molecule has 2 aliphatic rings. The van der Waals surface area contributed by atoms with E-state index in [-0.39, 0.29) is 11.9 Å². The number of allylic oxidation sites excluding steroid dienone is 1. The molecule has 1 aromatic carbocycles. The molecule has 2 bridgehead atoms. The third-order valence-corrected chi connectivity index (χ3v) is 5.44. The number of nitrogens with zero attached hydrogens (tertiary/aromatic N) is 2. The molecule has 1 aromatic heterocycles. The van der Waals surface area contributed by atoms with Crippen LogP contribution >= 0.6 is 0 Å². The zero-order chi connectivity index (χ0) is 20.2. The highest BCUT2D eigenvalue weighted by Crippen LogP contribution is 2.29. The van der Waals surface area contributed by atoms with E-state index in [9.17, 15) is 4.39 Å². The van der Waals surface area contributed by atoms with Crippen molar-refractivity contribution in [2.24, 2.45) is 0 Å². The molecular formula is C22H27FN4O2. The van der Waals surface area contributed by atoms with Crippen LogP contribution in [0.4, 0.5) is 15.9 Å². The number of benzene rings is 1. The molecule has 0 radical (unpaired) electrons. The Labute approximate surface area is 170 Å². The first-order valence-corrected chi connectivity index (χ1v) is 10.1. The smallest absolute Gasteiger partial charge is 0.221 e. The summed E-state index contributed by atoms with van der Waals surface area (Å²) in [6, 6.07) is 5.85. The van der Waals surface area contributed by atoms with Gasteiger partial charge in [0.2, 0.25) is 5.88 Å². The van der Waals surface area contributed by atoms with Crippen LogP contribution in [0.3, 0.4) is 0 Å². The lowest BCUT2D eigenvalue weighted by Crippen LogP contribution is -2.56. The van der Waals surface area contributed by atoms with Gasteiger partial charge in [0.1, 0.15) is 24.1 Å². The number of hydrogen-bond acceptors (Lipinski definition) is 6. The zero-order valence-electron chi connectivity index (χ0n) is 16.7. The number of hydrogen-bond donors (Lipinski definition) is 2. The lowest BCUT2D eigenvalue weighted by atomic mass is 9.95. The summed E-state index contributed by atoms with van der Waals surface area (Å²) in [6.07, 6.45) is 6.71. The molecule has 7 heteroatoms. The second-order valence-corrected chi connectivity index (χ2v) is 7.73. The van der Waals surface area contributed by atoms with Gasteiger partial charge in [0.25, 0.3) is 0 Å². The fraction of sp³-hybridized carbons (Fsp3) is 0.455. The number of anilines is 2. The van der Waals surface area contributed by atoms with Gasteiger partial charge in [-0.25, -0.2) is 14.4 Å². The van der Waals surface area contributed by atoms with Crippen LogP contribution in [0.2, 0.25) is 0 Å². The third kappa shape index (κ3) is 4.74. The summed E-state index contributed by atoms with van der Waals surface area (Å²) in [5.41, 5.74) is 2.09. The highest BCUT2D eigenvalue weighted by molar-refractivity contribution is 5.61. The first-order chi connectivity index (χ1) is 14.1. The van der Waals surface area contributed by atoms with Gasteiger partial charge in [-0.1, -0.05) is 12.1 Å². The maximum absolute atomic E-state index is 14.5. The van der Waals surface area contributed by atoms with Crippen molar-refractivity contribution in [1.82, 2.24) is 15.3 Å². The second-order valence-electron chi connectivity index (χ2n) is 7.73. The van der Waals surface area contributed by atoms with Crippen molar-refractivity contribution in [3.8, 4) is 5.88 Å². The molecule has 0 saturated carbocycles. The Morgan fingerprint density at radius 1 is 1.31 bits per heavy atom. The molecule has 154 valence electrons. The average Bonchev–Trinajstić information content (AvgIpc) is 2.71. The standard InChI is InChI=1S/C22H27FN4O2/c1-3-4-5-15-6-7-20(19(23)8-15)27-21-14(2)22(25-13-24-21)29-18-9-16-11-28-12-17(10-18)26-16/h3,6-8,13,16-18,26H,1,4-5,9-12H2,2H3,(H,24,25,27). The number of nitrogens with one attached hydrogen (secondary N) is 2. The Hall–Kier alpha value is -2.51. The van der Waals surface area contributed by atoms with Crippen molar-refractivity contribution in [3.05, 3.63) is 54.1 Å². The van der Waals surface area contributed by atoms with Gasteiger partial charge in [0.15, 0.2) is 0 Å². The van der Waals surface area contributed by atoms with Gasteiger partial charge in [-0.2, -0.15) is 0 Å². The number of morpholine rings is 1. The number of aromatic nitrogens is 2. The van der Waals surface area contributed by atoms with Crippen molar-refractivity contribution in [1.29, 1.82) is 0 Å². The van der Waals surface area contributed by atoms with Gasteiger partial charge in [0.05, 0.1) is 24.5 Å². The minimum Gasteiger partial charge on any atom is -0.474 e. The SMILES string of the molecule is C=CCCc1ccc(Nc2ncnc(OC3CC4COCC(C3)N4)c2C)c(F)c1. The molecule has 0 spiro atoms. The predicted octanol–water partition coefficient (Wildman–Crippen LogP) is 3.68. The Balaban J connectivity index is 1.46. The Bertz CT molecular complexity index is 864. The lowest BCUT2D eigenvalue weighted by Gasteiger charge is -2.39. The van der Waals surface area contributed by atoms with Crippen molar-refractivity contribution >= 4 is 11.5 Å². The van der Waals surface area contributed by atoms with E-state index in [1.807, 2.05) is 19.1 Å². The summed E-state index contributed by atoms with van der Waals surface area (Å²) >= 11 is 0. The summed E-state index contributed by atoms with van der Waals surface area (Å²) in [7, 11) is 0. The van der Waals surface area contributed by atoms with Gasteiger partial charge in [-0.05, 0) is 37.5 Å². The van der Waals surface area contributed by atoms with Gasteiger partial charge in [-0.15, -0.1) is 6.58 Å². The lowest BCUT2D eigenvalue weighted by molar-refractivity contribution is -0.0134. The number of ether oxygens (including phenoxy) is 2. The van der Waals surface area contributed by atoms with Gasteiger partial charge in [0, 0.05) is 24.9 Å². The van der Waals surface area contributed by atoms with Gasteiger partial charge < -0.3 is 20.1 Å². The Kier molecular flexibility index (Phi) is 6.06. The second kappa shape index (κ2) is 8.88. The normalized spacial score (nSPS) is 23.4. The molecule has 6 nitrogen and oxygen atoms in total. The monoisotopic (exact) mass is 398 g/mol. The van der Waals surface area contributed by atoms with Gasteiger partial charge in [-0.3, -0.25) is 0 Å². The first kappa shape index (κ1) is 19.8. The number of fused-ring (bicyclic) bond motifs is 2. The van der Waals surface area contributed by atoms with E-state index in [0.29, 0.717) is 42.7 Å². The molecule has 2 N–H and O–H groups in total. The van der Waals surface area contributed by atoms with E-state index in [0.717, 1.165) is 36.8 Å². The molecule has 2 aromatic rings. The Morgan fingerprint density at radius 3 is 2.83 bits per heavy atom. The minimum absolute atomic E-state index is 0.0810. The van der Waals surface area contributed by atoms with E-state index in [2.05, 4.69) is 27.2 Å². The topological polar surface area (TPSA) is 68.3 Å². The van der Waals surface area contributed by atoms with Crippen LogP contribution in [0.1, 0.15) is 30.4 Å². The Morgan fingerprint density at radius 2 is 2.10 bits per heavy atom. The van der Waals surface area contributed by atoms with Crippen molar-refractivity contribution in [2.75, 3.05) is 18.5 Å². The third-order valence-electron chi connectivity index (χ3n) is 5.44. The maximum atomic E-state index is 14.5. The van der Waals surface area contributed by atoms with E-state index in [1.54, 1.807) is 12.1 Å². The number of rotatable bonds is 7. The number of aryl methyl sites for hydroxylation is 1. The summed E-state index contributed by atoms with van der Waals surface area (Å²) in [5, 5.41) is 6.64. The molecular weight excluding hydrogens is 371 g/mol. The van der Waals surface area contributed by atoms with E-state index < -0.39 is 0 Å². The highest BCUT2D eigenvalue weighted by Gasteiger charge is 2.33. The molecule has 3 heterocycles. The van der Waals surface area contributed by atoms with Crippen LogP contribution < -0.4 is 15.4 Å². The minimum atomic E-state index is -0.307. The maximum Gasteiger partial charge on any atom is 0.221 e. The molecule has 0 aliphatic carbocycles. The van der Waals surface area contributed by atoms with E-state index in [4.69, 9.17) is 9.47 Å². The fourth-order valence-corrected chi connectivity index (χ4v) is 3.93. The van der Waals surface area contributed by atoms with Gasteiger partial charge >= 0.3 is 0 Å². The molecule has 0 amide bonds. The summed E-state index contributed by atoms with van der Waals surface area (Å²) < 4.78 is 26.3. The molecule has 2 aliphatic heterocycles. The summed E-state index contributed by atoms with van der Waals surface area (Å²) in [6.45, 7) is 7.03. The predicted molar refractivity (Wildman–Crippen MR) is 110 cm³/mol. The average molecular weight is 398 g/mol. The molecule has 2 unspecified atom stereocenters. The van der Waals surface area contributed by atoms with Crippen LogP contribution in [0.15, 0.2) is 37.2 Å². The van der Waals surface area contributed by atoms with Crippen LogP contribution in [-0.2, 0) is 11.2 Å². The van der Waals surface area contributed by atoms with Crippen molar-refractivity contribution in [2.45, 2.75) is 50.8 Å². The molecule has 4 rings (SSSR count). The summed E-state index contributed by atoms with van der Waals surface area (Å²) in [4.78, 5) is 8.59. The number of piperidine rings is 1. The molecule has 2 fully saturated rings. The van der Waals surface area contributed by atoms with Crippen LogP contribution in [0, 0.1) is 12.7 Å². The molecule has 2 saturated heterocycles. The van der Waals surface area contributed by atoms with E-state index >= 15 is 0 Å². The zero-order valence-corrected chi connectivity index (χ0v) is 16.7. The van der Waals surface area contributed by atoms with Crippen LogP contribution in [-0.4, -0.2) is 41.4 Å².